The number of hydrogen-bond acceptors (Lipinski definition) is 3. The second kappa shape index (κ2) is 3.54. The van der Waals surface area contributed by atoms with Gasteiger partial charge < -0.3 is 10.7 Å². The number of anilines is 1. The van der Waals surface area contributed by atoms with Crippen molar-refractivity contribution in [2.45, 2.75) is 0 Å². The van der Waals surface area contributed by atoms with E-state index in [-0.39, 0.29) is 5.56 Å². The summed E-state index contributed by atoms with van der Waals surface area (Å²) in [5, 5.41) is 4.04. The molecule has 6 heteroatoms. The lowest BCUT2D eigenvalue weighted by molar-refractivity contribution is 0.774. The zero-order valence-electron chi connectivity index (χ0n) is 7.99. The van der Waals surface area contributed by atoms with Crippen LogP contribution >= 0.6 is 15.9 Å². The normalized spacial score (nSPS) is 10.5. The highest BCUT2D eigenvalue weighted by molar-refractivity contribution is 9.10. The third-order valence-electron chi connectivity index (χ3n) is 2.07. The van der Waals surface area contributed by atoms with E-state index >= 15 is 0 Å². The average Bonchev–Trinajstić information content (AvgIpc) is 2.51. The van der Waals surface area contributed by atoms with Crippen LogP contribution in [0.1, 0.15) is 0 Å². The first kappa shape index (κ1) is 9.97. The molecule has 0 radical (unpaired) electrons. The molecule has 0 atom stereocenters. The minimum absolute atomic E-state index is 0.187. The van der Waals surface area contributed by atoms with Gasteiger partial charge in [0.15, 0.2) is 0 Å². The van der Waals surface area contributed by atoms with Gasteiger partial charge in [-0.05, 0) is 22.0 Å². The summed E-state index contributed by atoms with van der Waals surface area (Å²) >= 11 is 3.34. The molecule has 5 nitrogen and oxygen atoms in total. The highest BCUT2D eigenvalue weighted by Crippen LogP contribution is 2.25. The fourth-order valence-electron chi connectivity index (χ4n) is 1.39. The molecule has 0 aliphatic heterocycles. The predicted molar refractivity (Wildman–Crippen MR) is 61.4 cm³/mol. The summed E-state index contributed by atoms with van der Waals surface area (Å²) in [7, 11) is 1.77. The Hall–Kier alpha value is -1.56. The summed E-state index contributed by atoms with van der Waals surface area (Å²) in [6.45, 7) is 0. The first-order chi connectivity index (χ1) is 7.09. The summed E-state index contributed by atoms with van der Waals surface area (Å²) in [6.07, 6.45) is 3.11. The fourth-order valence-corrected chi connectivity index (χ4v) is 1.95. The average molecular weight is 269 g/mol. The van der Waals surface area contributed by atoms with Gasteiger partial charge >= 0.3 is 0 Å². The second-order valence-electron chi connectivity index (χ2n) is 3.14. The third kappa shape index (κ3) is 1.68. The molecule has 0 saturated heterocycles. The largest absolute Gasteiger partial charge is 0.398 e. The molecule has 0 aliphatic rings. The van der Waals surface area contributed by atoms with Gasteiger partial charge in [-0.3, -0.25) is 9.48 Å². The summed E-state index contributed by atoms with van der Waals surface area (Å²) in [5.41, 5.74) is 7.16. The van der Waals surface area contributed by atoms with E-state index in [2.05, 4.69) is 26.0 Å². The molecule has 2 heterocycles. The third-order valence-corrected chi connectivity index (χ3v) is 2.66. The standard InChI is InChI=1S/C9H9BrN4O/c1-14-8(7(10)4-13-14)6-2-5(11)3-12-9(6)15/h2-4H,11H2,1H3,(H,12,15). The van der Waals surface area contributed by atoms with Gasteiger partial charge in [-0.2, -0.15) is 5.10 Å². The van der Waals surface area contributed by atoms with Crippen LogP contribution in [-0.2, 0) is 7.05 Å². The molecule has 0 saturated carbocycles. The summed E-state index contributed by atoms with van der Waals surface area (Å²) in [5.74, 6) is 0. The van der Waals surface area contributed by atoms with Crippen LogP contribution in [0.25, 0.3) is 11.3 Å². The number of H-pyrrole nitrogens is 1. The quantitative estimate of drug-likeness (QED) is 0.814. The Balaban J connectivity index is 2.74. The predicted octanol–water partition coefficient (Wildman–Crippen LogP) is 1.12. The number of aryl methyl sites for hydroxylation is 1. The molecule has 2 aromatic rings. The topological polar surface area (TPSA) is 76.7 Å². The molecule has 0 aromatic carbocycles. The van der Waals surface area contributed by atoms with Crippen molar-refractivity contribution in [3.05, 3.63) is 33.3 Å². The van der Waals surface area contributed by atoms with E-state index in [4.69, 9.17) is 5.73 Å². The Morgan fingerprint density at radius 3 is 2.93 bits per heavy atom. The van der Waals surface area contributed by atoms with Gasteiger partial charge in [0, 0.05) is 18.9 Å². The van der Waals surface area contributed by atoms with Crippen LogP contribution in [0.5, 0.6) is 0 Å². The van der Waals surface area contributed by atoms with Crippen LogP contribution in [0, 0.1) is 0 Å². The van der Waals surface area contributed by atoms with Crippen LogP contribution in [0.4, 0.5) is 5.69 Å². The van der Waals surface area contributed by atoms with E-state index < -0.39 is 0 Å². The van der Waals surface area contributed by atoms with Crippen LogP contribution in [0.2, 0.25) is 0 Å². The van der Waals surface area contributed by atoms with Crippen LogP contribution in [0.3, 0.4) is 0 Å². The molecule has 78 valence electrons. The van der Waals surface area contributed by atoms with Gasteiger partial charge in [-0.25, -0.2) is 0 Å². The molecular formula is C9H9BrN4O. The van der Waals surface area contributed by atoms with Gasteiger partial charge in [0.05, 0.1) is 21.9 Å². The van der Waals surface area contributed by atoms with Gasteiger partial charge in [0.1, 0.15) is 0 Å². The smallest absolute Gasteiger partial charge is 0.257 e. The fraction of sp³-hybridized carbons (Fsp3) is 0.111. The van der Waals surface area contributed by atoms with E-state index in [1.54, 1.807) is 24.0 Å². The van der Waals surface area contributed by atoms with E-state index in [9.17, 15) is 4.79 Å². The molecule has 15 heavy (non-hydrogen) atoms. The van der Waals surface area contributed by atoms with Crippen molar-refractivity contribution in [1.82, 2.24) is 14.8 Å². The monoisotopic (exact) mass is 268 g/mol. The molecule has 0 spiro atoms. The second-order valence-corrected chi connectivity index (χ2v) is 3.99. The van der Waals surface area contributed by atoms with Gasteiger partial charge in [-0.15, -0.1) is 0 Å². The Morgan fingerprint density at radius 1 is 1.60 bits per heavy atom. The van der Waals surface area contributed by atoms with Crippen LogP contribution in [-0.4, -0.2) is 14.8 Å². The first-order valence-corrected chi connectivity index (χ1v) is 5.05. The number of rotatable bonds is 1. The molecule has 3 N–H and O–H groups in total. The van der Waals surface area contributed by atoms with Crippen molar-refractivity contribution in [2.75, 3.05) is 5.73 Å². The van der Waals surface area contributed by atoms with Crippen LogP contribution < -0.4 is 11.3 Å². The molecule has 0 fully saturated rings. The lowest BCUT2D eigenvalue weighted by atomic mass is 10.2. The van der Waals surface area contributed by atoms with Crippen molar-refractivity contribution in [3.63, 3.8) is 0 Å². The van der Waals surface area contributed by atoms with E-state index in [0.29, 0.717) is 16.9 Å². The number of nitrogens with one attached hydrogen (secondary N) is 1. The van der Waals surface area contributed by atoms with Gasteiger partial charge in [0.2, 0.25) is 0 Å². The molecule has 2 aromatic heterocycles. The Labute approximate surface area is 94.0 Å². The van der Waals surface area contributed by atoms with Crippen molar-refractivity contribution in [3.8, 4) is 11.3 Å². The molecule has 0 bridgehead atoms. The van der Waals surface area contributed by atoms with E-state index in [0.717, 1.165) is 4.47 Å². The van der Waals surface area contributed by atoms with Crippen molar-refractivity contribution >= 4 is 21.6 Å². The maximum absolute atomic E-state index is 11.6. The van der Waals surface area contributed by atoms with Crippen molar-refractivity contribution < 1.29 is 0 Å². The highest BCUT2D eigenvalue weighted by Gasteiger charge is 2.12. The molecule has 2 rings (SSSR count). The number of aromatic amines is 1. The van der Waals surface area contributed by atoms with Gasteiger partial charge in [-0.1, -0.05) is 0 Å². The van der Waals surface area contributed by atoms with Crippen molar-refractivity contribution in [1.29, 1.82) is 0 Å². The number of nitrogen functional groups attached to an aromatic ring is 1. The summed E-state index contributed by atoms with van der Waals surface area (Å²) < 4.78 is 2.38. The van der Waals surface area contributed by atoms with Crippen molar-refractivity contribution in [2.24, 2.45) is 7.05 Å². The lowest BCUT2D eigenvalue weighted by Gasteiger charge is -2.02. The highest BCUT2D eigenvalue weighted by atomic mass is 79.9. The number of pyridine rings is 1. The summed E-state index contributed by atoms with van der Waals surface area (Å²) in [6, 6.07) is 1.63. The zero-order chi connectivity index (χ0) is 11.0. The number of hydrogen-bond donors (Lipinski definition) is 2. The minimum atomic E-state index is -0.187. The Kier molecular flexibility index (Phi) is 2.36. The number of nitrogens with zero attached hydrogens (tertiary/aromatic N) is 2. The molecule has 0 unspecified atom stereocenters. The minimum Gasteiger partial charge on any atom is -0.398 e. The van der Waals surface area contributed by atoms with E-state index in [1.807, 2.05) is 0 Å². The maximum atomic E-state index is 11.6. The lowest BCUT2D eigenvalue weighted by Crippen LogP contribution is -2.11. The molecule has 0 aliphatic carbocycles. The van der Waals surface area contributed by atoms with E-state index in [1.165, 1.54) is 6.20 Å². The Morgan fingerprint density at radius 2 is 2.33 bits per heavy atom. The number of nitrogens with two attached hydrogens (primary N) is 1. The number of aromatic nitrogens is 3. The first-order valence-electron chi connectivity index (χ1n) is 4.25. The van der Waals surface area contributed by atoms with Crippen LogP contribution in [0.15, 0.2) is 27.7 Å². The SMILES string of the molecule is Cn1ncc(Br)c1-c1cc(N)c[nH]c1=O. The summed E-state index contributed by atoms with van der Waals surface area (Å²) in [4.78, 5) is 14.2. The maximum Gasteiger partial charge on any atom is 0.257 e. The Bertz CT molecular complexity index is 538. The molecular weight excluding hydrogens is 260 g/mol. The van der Waals surface area contributed by atoms with Gasteiger partial charge in [0.25, 0.3) is 5.56 Å². The molecule has 0 amide bonds. The zero-order valence-corrected chi connectivity index (χ0v) is 9.58. The number of halogens is 1.